The maximum absolute atomic E-state index is 12.2. The van der Waals surface area contributed by atoms with Crippen LogP contribution in [0.1, 0.15) is 64.7 Å². The van der Waals surface area contributed by atoms with E-state index in [2.05, 4.69) is 12.2 Å². The van der Waals surface area contributed by atoms with E-state index >= 15 is 0 Å². The monoisotopic (exact) mass is 279 g/mol. The molecule has 0 aliphatic heterocycles. The molecule has 4 fully saturated rings. The van der Waals surface area contributed by atoms with Crippen molar-refractivity contribution >= 4 is 5.91 Å². The lowest BCUT2D eigenvalue weighted by molar-refractivity contribution is -0.129. The van der Waals surface area contributed by atoms with E-state index in [4.69, 9.17) is 0 Å². The molecule has 4 rings (SSSR count). The van der Waals surface area contributed by atoms with Crippen LogP contribution >= 0.6 is 0 Å². The molecule has 1 atom stereocenters. The molecular weight excluding hydrogens is 250 g/mol. The smallest absolute Gasteiger partial charge is 0.220 e. The van der Waals surface area contributed by atoms with E-state index in [0.717, 1.165) is 30.6 Å². The van der Waals surface area contributed by atoms with Crippen LogP contribution in [0, 0.1) is 23.2 Å². The Morgan fingerprint density at radius 1 is 1.20 bits per heavy atom. The molecule has 1 amide bonds. The van der Waals surface area contributed by atoms with Crippen LogP contribution in [0.4, 0.5) is 0 Å². The van der Waals surface area contributed by atoms with Gasteiger partial charge in [0.1, 0.15) is 0 Å². The first kappa shape index (κ1) is 14.4. The Hall–Kier alpha value is -0.570. The molecule has 1 unspecified atom stereocenters. The summed E-state index contributed by atoms with van der Waals surface area (Å²) in [5.74, 6) is 2.88. The van der Waals surface area contributed by atoms with Crippen molar-refractivity contribution in [3.63, 3.8) is 0 Å². The zero-order chi connectivity index (χ0) is 14.2. The van der Waals surface area contributed by atoms with E-state index in [1.165, 1.54) is 38.5 Å². The quantitative estimate of drug-likeness (QED) is 0.785. The number of carbonyl (C=O) groups is 1. The predicted molar refractivity (Wildman–Crippen MR) is 79.1 cm³/mol. The minimum absolute atomic E-state index is 0.169. The molecule has 4 bridgehead atoms. The van der Waals surface area contributed by atoms with Gasteiger partial charge in [0.15, 0.2) is 0 Å². The first-order valence-corrected chi connectivity index (χ1v) is 8.53. The lowest BCUT2D eigenvalue weighted by atomic mass is 9.49. The van der Waals surface area contributed by atoms with Crippen molar-refractivity contribution in [2.45, 2.75) is 70.8 Å². The van der Waals surface area contributed by atoms with Crippen molar-refractivity contribution in [1.82, 2.24) is 5.32 Å². The van der Waals surface area contributed by atoms with Gasteiger partial charge in [-0.25, -0.2) is 0 Å². The standard InChI is InChI=1S/C17H29NO2/c1-2-3-15(19)11-18-16(20)10-17-7-12-4-13(8-17)6-14(5-12)9-17/h12-15,19H,2-11H2,1H3,(H,18,20). The SMILES string of the molecule is CCCC(O)CNC(=O)CC12CC3CC(CC(C3)C1)C2. The maximum atomic E-state index is 12.2. The molecule has 4 aliphatic rings. The van der Waals surface area contributed by atoms with E-state index in [-0.39, 0.29) is 12.0 Å². The Morgan fingerprint density at radius 3 is 2.25 bits per heavy atom. The third kappa shape index (κ3) is 3.03. The van der Waals surface area contributed by atoms with Crippen LogP contribution in [-0.2, 0) is 4.79 Å². The number of aliphatic hydroxyl groups is 1. The topological polar surface area (TPSA) is 49.3 Å². The Bertz CT molecular complexity index is 331. The maximum Gasteiger partial charge on any atom is 0.220 e. The molecule has 0 aromatic rings. The van der Waals surface area contributed by atoms with E-state index in [1.54, 1.807) is 0 Å². The van der Waals surface area contributed by atoms with E-state index in [0.29, 0.717) is 18.4 Å². The van der Waals surface area contributed by atoms with E-state index in [9.17, 15) is 9.90 Å². The molecular formula is C17H29NO2. The fourth-order valence-corrected chi connectivity index (χ4v) is 5.58. The minimum Gasteiger partial charge on any atom is -0.391 e. The normalized spacial score (nSPS) is 39.8. The van der Waals surface area contributed by atoms with E-state index < -0.39 is 0 Å². The van der Waals surface area contributed by atoms with Gasteiger partial charge in [-0.1, -0.05) is 13.3 Å². The highest BCUT2D eigenvalue weighted by Gasteiger charge is 2.51. The van der Waals surface area contributed by atoms with Crippen LogP contribution in [0.2, 0.25) is 0 Å². The van der Waals surface area contributed by atoms with Crippen molar-refractivity contribution in [2.75, 3.05) is 6.54 Å². The summed E-state index contributed by atoms with van der Waals surface area (Å²) in [5, 5.41) is 12.7. The number of hydrogen-bond acceptors (Lipinski definition) is 2. The molecule has 3 nitrogen and oxygen atoms in total. The van der Waals surface area contributed by atoms with Gasteiger partial charge < -0.3 is 10.4 Å². The first-order valence-electron chi connectivity index (χ1n) is 8.53. The average Bonchev–Trinajstić information content (AvgIpc) is 2.34. The molecule has 114 valence electrons. The molecule has 3 heteroatoms. The van der Waals surface area contributed by atoms with Crippen molar-refractivity contribution in [3.8, 4) is 0 Å². The predicted octanol–water partition coefficient (Wildman–Crippen LogP) is 2.87. The minimum atomic E-state index is -0.375. The van der Waals surface area contributed by atoms with Crippen LogP contribution < -0.4 is 5.32 Å². The highest BCUT2D eigenvalue weighted by atomic mass is 16.3. The Balaban J connectivity index is 1.51. The van der Waals surface area contributed by atoms with Gasteiger partial charge in [-0.15, -0.1) is 0 Å². The van der Waals surface area contributed by atoms with Crippen molar-refractivity contribution < 1.29 is 9.90 Å². The zero-order valence-electron chi connectivity index (χ0n) is 12.7. The summed E-state index contributed by atoms with van der Waals surface area (Å²) in [4.78, 5) is 12.2. The second-order valence-electron chi connectivity index (χ2n) is 7.84. The lowest BCUT2D eigenvalue weighted by Gasteiger charge is -2.56. The lowest BCUT2D eigenvalue weighted by Crippen LogP contribution is -2.48. The molecule has 0 spiro atoms. The highest BCUT2D eigenvalue weighted by molar-refractivity contribution is 5.76. The van der Waals surface area contributed by atoms with Crippen LogP contribution in [0.5, 0.6) is 0 Å². The van der Waals surface area contributed by atoms with Gasteiger partial charge in [0.2, 0.25) is 5.91 Å². The molecule has 4 aliphatic carbocycles. The van der Waals surface area contributed by atoms with Crippen LogP contribution in [0.3, 0.4) is 0 Å². The molecule has 2 N–H and O–H groups in total. The molecule has 0 saturated heterocycles. The summed E-state index contributed by atoms with van der Waals surface area (Å²) in [6.45, 7) is 2.49. The Labute approximate surface area is 122 Å². The van der Waals surface area contributed by atoms with E-state index in [1.807, 2.05) is 0 Å². The summed E-state index contributed by atoms with van der Waals surface area (Å²) >= 11 is 0. The third-order valence-electron chi connectivity index (χ3n) is 5.86. The number of carbonyl (C=O) groups excluding carboxylic acids is 1. The van der Waals surface area contributed by atoms with Gasteiger partial charge in [-0.05, 0) is 68.1 Å². The van der Waals surface area contributed by atoms with Gasteiger partial charge in [0, 0.05) is 13.0 Å². The molecule has 0 aromatic heterocycles. The highest BCUT2D eigenvalue weighted by Crippen LogP contribution is 2.61. The van der Waals surface area contributed by atoms with Gasteiger partial charge >= 0.3 is 0 Å². The second kappa shape index (κ2) is 5.67. The summed E-state index contributed by atoms with van der Waals surface area (Å²) in [5.41, 5.74) is 0.314. The van der Waals surface area contributed by atoms with Gasteiger partial charge in [0.25, 0.3) is 0 Å². The summed E-state index contributed by atoms with van der Waals surface area (Å²) in [6.07, 6.45) is 10.2. The van der Waals surface area contributed by atoms with Crippen LogP contribution in [-0.4, -0.2) is 23.7 Å². The van der Waals surface area contributed by atoms with Gasteiger partial charge in [-0.3, -0.25) is 4.79 Å². The van der Waals surface area contributed by atoms with Crippen molar-refractivity contribution in [1.29, 1.82) is 0 Å². The Morgan fingerprint density at radius 2 is 1.75 bits per heavy atom. The van der Waals surface area contributed by atoms with Gasteiger partial charge in [0.05, 0.1) is 6.10 Å². The first-order chi connectivity index (χ1) is 9.58. The Kier molecular flexibility index (Phi) is 4.07. The molecule has 0 aromatic carbocycles. The van der Waals surface area contributed by atoms with Crippen LogP contribution in [0.25, 0.3) is 0 Å². The third-order valence-corrected chi connectivity index (χ3v) is 5.86. The number of amides is 1. The molecule has 0 radical (unpaired) electrons. The fraction of sp³-hybridized carbons (Fsp3) is 0.941. The van der Waals surface area contributed by atoms with Crippen LogP contribution in [0.15, 0.2) is 0 Å². The summed E-state index contributed by atoms with van der Waals surface area (Å²) < 4.78 is 0. The van der Waals surface area contributed by atoms with Gasteiger partial charge in [-0.2, -0.15) is 0 Å². The average molecular weight is 279 g/mol. The second-order valence-corrected chi connectivity index (χ2v) is 7.84. The van der Waals surface area contributed by atoms with Crippen molar-refractivity contribution in [2.24, 2.45) is 23.2 Å². The summed E-state index contributed by atoms with van der Waals surface area (Å²) in [6, 6.07) is 0. The largest absolute Gasteiger partial charge is 0.391 e. The zero-order valence-corrected chi connectivity index (χ0v) is 12.7. The molecule has 20 heavy (non-hydrogen) atoms. The number of aliphatic hydroxyl groups excluding tert-OH is 1. The van der Waals surface area contributed by atoms with Crippen molar-refractivity contribution in [3.05, 3.63) is 0 Å². The molecule has 4 saturated carbocycles. The fourth-order valence-electron chi connectivity index (χ4n) is 5.58. The number of hydrogen-bond donors (Lipinski definition) is 2. The number of rotatable bonds is 6. The number of nitrogens with one attached hydrogen (secondary N) is 1. The molecule has 0 heterocycles. The summed E-state index contributed by atoms with van der Waals surface area (Å²) in [7, 11) is 0.